The number of amides is 2. The summed E-state index contributed by atoms with van der Waals surface area (Å²) in [5, 5.41) is 0. The molecule has 2 amide bonds. The summed E-state index contributed by atoms with van der Waals surface area (Å²) < 4.78 is 6.44. The molecule has 0 bridgehead atoms. The third-order valence-corrected chi connectivity index (χ3v) is 4.23. The van der Waals surface area contributed by atoms with E-state index in [1.165, 1.54) is 0 Å². The fourth-order valence-corrected chi connectivity index (χ4v) is 2.65. The molecule has 0 spiro atoms. The monoisotopic (exact) mass is 418 g/mol. The second-order valence-corrected chi connectivity index (χ2v) is 6.75. The van der Waals surface area contributed by atoms with Crippen LogP contribution in [0.5, 0.6) is 5.75 Å². The molecule has 0 saturated heterocycles. The highest BCUT2D eigenvalue weighted by atomic mass is 79.9. The van der Waals surface area contributed by atoms with Gasteiger partial charge in [0.25, 0.3) is 5.91 Å². The third kappa shape index (κ3) is 6.52. The Morgan fingerprint density at radius 3 is 2.58 bits per heavy atom. The van der Waals surface area contributed by atoms with Crippen LogP contribution in [0.3, 0.4) is 0 Å². The van der Waals surface area contributed by atoms with Crippen LogP contribution < -0.4 is 15.6 Å². The molecule has 0 aliphatic carbocycles. The van der Waals surface area contributed by atoms with Gasteiger partial charge in [-0.05, 0) is 36.6 Å². The maximum absolute atomic E-state index is 12.4. The van der Waals surface area contributed by atoms with Crippen LogP contribution in [-0.2, 0) is 11.2 Å². The molecule has 5 nitrogen and oxygen atoms in total. The van der Waals surface area contributed by atoms with E-state index < -0.39 is 5.91 Å². The van der Waals surface area contributed by atoms with Crippen molar-refractivity contribution in [3.63, 3.8) is 0 Å². The van der Waals surface area contributed by atoms with Gasteiger partial charge >= 0.3 is 0 Å². The Hall–Kier alpha value is -2.34. The number of carbonyl (C=O) groups excluding carboxylic acids is 2. The Labute approximate surface area is 162 Å². The predicted molar refractivity (Wildman–Crippen MR) is 105 cm³/mol. The Bertz CT molecular complexity index is 735. The molecule has 2 aromatic carbocycles. The fraction of sp³-hybridized carbons (Fsp3) is 0.300. The highest BCUT2D eigenvalue weighted by Crippen LogP contribution is 2.23. The van der Waals surface area contributed by atoms with Gasteiger partial charge in [-0.15, -0.1) is 0 Å². The first-order valence-corrected chi connectivity index (χ1v) is 9.45. The molecule has 0 fully saturated rings. The van der Waals surface area contributed by atoms with Gasteiger partial charge in [-0.1, -0.05) is 59.6 Å². The Morgan fingerprint density at radius 2 is 1.85 bits per heavy atom. The molecule has 0 heterocycles. The number of unbranched alkanes of at least 4 members (excludes halogenated alkanes) is 1. The Kier molecular flexibility index (Phi) is 8.15. The van der Waals surface area contributed by atoms with E-state index in [2.05, 4.69) is 33.7 Å². The second-order valence-electron chi connectivity index (χ2n) is 5.83. The number of aryl methyl sites for hydroxylation is 1. The van der Waals surface area contributed by atoms with Crippen LogP contribution in [0.1, 0.15) is 42.1 Å². The smallest absolute Gasteiger partial charge is 0.273 e. The maximum Gasteiger partial charge on any atom is 0.273 e. The maximum atomic E-state index is 12.4. The zero-order valence-electron chi connectivity index (χ0n) is 14.8. The van der Waals surface area contributed by atoms with Crippen molar-refractivity contribution in [3.8, 4) is 5.75 Å². The first-order valence-electron chi connectivity index (χ1n) is 8.65. The van der Waals surface area contributed by atoms with Gasteiger partial charge in [-0.2, -0.15) is 0 Å². The molecule has 0 aliphatic rings. The largest absolute Gasteiger partial charge is 0.493 e. The normalized spacial score (nSPS) is 10.2. The minimum Gasteiger partial charge on any atom is -0.493 e. The number of ether oxygens (including phenoxy) is 1. The van der Waals surface area contributed by atoms with Crippen molar-refractivity contribution in [3.05, 3.63) is 64.1 Å². The summed E-state index contributed by atoms with van der Waals surface area (Å²) in [6.45, 7) is 2.62. The van der Waals surface area contributed by atoms with Crippen molar-refractivity contribution in [1.82, 2.24) is 10.9 Å². The van der Waals surface area contributed by atoms with Crippen LogP contribution in [0.15, 0.2) is 53.0 Å². The number of nitrogens with one attached hydrogen (secondary N) is 2. The molecule has 0 aliphatic heterocycles. The topological polar surface area (TPSA) is 67.4 Å². The van der Waals surface area contributed by atoms with Crippen molar-refractivity contribution in [1.29, 1.82) is 0 Å². The molecule has 0 aromatic heterocycles. The van der Waals surface area contributed by atoms with E-state index in [4.69, 9.17) is 4.74 Å². The van der Waals surface area contributed by atoms with E-state index in [-0.39, 0.29) is 5.91 Å². The zero-order valence-corrected chi connectivity index (χ0v) is 16.3. The highest BCUT2D eigenvalue weighted by molar-refractivity contribution is 9.10. The number of hydrazine groups is 1. The average molecular weight is 419 g/mol. The van der Waals surface area contributed by atoms with Gasteiger partial charge in [0.15, 0.2) is 0 Å². The quantitative estimate of drug-likeness (QED) is 0.502. The summed E-state index contributed by atoms with van der Waals surface area (Å²) >= 11 is 3.35. The van der Waals surface area contributed by atoms with E-state index in [1.807, 2.05) is 36.4 Å². The lowest BCUT2D eigenvalue weighted by Crippen LogP contribution is -2.41. The van der Waals surface area contributed by atoms with Crippen LogP contribution in [0.25, 0.3) is 0 Å². The number of benzene rings is 2. The lowest BCUT2D eigenvalue weighted by atomic mass is 10.1. The molecule has 138 valence electrons. The first-order chi connectivity index (χ1) is 12.6. The minimum absolute atomic E-state index is 0.245. The SMILES string of the molecule is CCCCOc1ccc(Br)cc1C(=O)NNC(=O)CCc1ccccc1. The molecule has 0 atom stereocenters. The van der Waals surface area contributed by atoms with Crippen molar-refractivity contribution in [2.45, 2.75) is 32.6 Å². The molecule has 2 aromatic rings. The van der Waals surface area contributed by atoms with E-state index in [0.717, 1.165) is 22.9 Å². The molecule has 6 heteroatoms. The molecular weight excluding hydrogens is 396 g/mol. The number of halogens is 1. The Morgan fingerprint density at radius 1 is 1.08 bits per heavy atom. The van der Waals surface area contributed by atoms with Crippen molar-refractivity contribution in [2.24, 2.45) is 0 Å². The number of hydrogen-bond donors (Lipinski definition) is 2. The van der Waals surface area contributed by atoms with E-state index in [9.17, 15) is 9.59 Å². The number of carbonyl (C=O) groups is 2. The number of rotatable bonds is 8. The van der Waals surface area contributed by atoms with E-state index in [1.54, 1.807) is 12.1 Å². The van der Waals surface area contributed by atoms with Crippen molar-refractivity contribution in [2.75, 3.05) is 6.61 Å². The molecule has 0 saturated carbocycles. The molecular formula is C20H23BrN2O3. The summed E-state index contributed by atoms with van der Waals surface area (Å²) in [5.41, 5.74) is 6.36. The van der Waals surface area contributed by atoms with Crippen molar-refractivity contribution < 1.29 is 14.3 Å². The lowest BCUT2D eigenvalue weighted by molar-refractivity contribution is -0.121. The summed E-state index contributed by atoms with van der Waals surface area (Å²) in [6, 6.07) is 15.0. The Balaban J connectivity index is 1.88. The molecule has 0 radical (unpaired) electrons. The number of hydrogen-bond acceptors (Lipinski definition) is 3. The van der Waals surface area contributed by atoms with Gasteiger partial charge in [0, 0.05) is 10.9 Å². The van der Waals surface area contributed by atoms with Crippen LogP contribution in [0, 0.1) is 0 Å². The van der Waals surface area contributed by atoms with Gasteiger partial charge in [0.05, 0.1) is 12.2 Å². The van der Waals surface area contributed by atoms with Gasteiger partial charge < -0.3 is 4.74 Å². The second kappa shape index (κ2) is 10.6. The van der Waals surface area contributed by atoms with Crippen LogP contribution in [0.4, 0.5) is 0 Å². The minimum atomic E-state index is -0.411. The molecule has 2 N–H and O–H groups in total. The molecule has 2 rings (SSSR count). The zero-order chi connectivity index (χ0) is 18.8. The third-order valence-electron chi connectivity index (χ3n) is 3.74. The summed E-state index contributed by atoms with van der Waals surface area (Å²) in [6.07, 6.45) is 2.83. The van der Waals surface area contributed by atoms with Crippen LogP contribution in [-0.4, -0.2) is 18.4 Å². The standard InChI is InChI=1S/C20H23BrN2O3/c1-2-3-13-26-18-11-10-16(21)14-17(18)20(25)23-22-19(24)12-9-15-7-5-4-6-8-15/h4-8,10-11,14H,2-3,9,12-13H2,1H3,(H,22,24)(H,23,25). The summed E-state index contributed by atoms with van der Waals surface area (Å²) in [7, 11) is 0. The molecule has 26 heavy (non-hydrogen) atoms. The van der Waals surface area contributed by atoms with E-state index in [0.29, 0.717) is 30.8 Å². The van der Waals surface area contributed by atoms with Crippen molar-refractivity contribution >= 4 is 27.7 Å². The van der Waals surface area contributed by atoms with E-state index >= 15 is 0 Å². The highest BCUT2D eigenvalue weighted by Gasteiger charge is 2.14. The van der Waals surface area contributed by atoms with Gasteiger partial charge in [0.2, 0.25) is 5.91 Å². The van der Waals surface area contributed by atoms with Crippen LogP contribution >= 0.6 is 15.9 Å². The summed E-state index contributed by atoms with van der Waals surface area (Å²) in [5.74, 6) is -0.158. The fourth-order valence-electron chi connectivity index (χ4n) is 2.29. The lowest BCUT2D eigenvalue weighted by Gasteiger charge is -2.12. The molecule has 0 unspecified atom stereocenters. The predicted octanol–water partition coefficient (Wildman–Crippen LogP) is 4.02. The van der Waals surface area contributed by atoms with Gasteiger partial charge in [-0.3, -0.25) is 20.4 Å². The first kappa shape index (κ1) is 20.0. The average Bonchev–Trinajstić information content (AvgIpc) is 2.66. The summed E-state index contributed by atoms with van der Waals surface area (Å²) in [4.78, 5) is 24.4. The van der Waals surface area contributed by atoms with Gasteiger partial charge in [-0.25, -0.2) is 0 Å². The van der Waals surface area contributed by atoms with Gasteiger partial charge in [0.1, 0.15) is 5.75 Å². The van der Waals surface area contributed by atoms with Crippen LogP contribution in [0.2, 0.25) is 0 Å².